The van der Waals surface area contributed by atoms with Crippen LogP contribution in [0.5, 0.6) is 5.75 Å². The molecule has 1 heterocycles. The van der Waals surface area contributed by atoms with E-state index in [1.54, 1.807) is 11.7 Å². The van der Waals surface area contributed by atoms with Crippen molar-refractivity contribution in [3.8, 4) is 5.75 Å². The highest BCUT2D eigenvalue weighted by Crippen LogP contribution is 2.20. The summed E-state index contributed by atoms with van der Waals surface area (Å²) in [6, 6.07) is 5.61. The second kappa shape index (κ2) is 5.28. The number of fused-ring (bicyclic) bond motifs is 1. The minimum absolute atomic E-state index is 0.0645. The topological polar surface area (TPSA) is 59.0 Å². The molecule has 0 aliphatic heterocycles. The average molecular weight is 293 g/mol. The lowest BCUT2D eigenvalue weighted by atomic mass is 10.1. The molecule has 6 heteroatoms. The van der Waals surface area contributed by atoms with E-state index in [2.05, 4.69) is 10.3 Å². The van der Waals surface area contributed by atoms with Crippen molar-refractivity contribution in [2.45, 2.75) is 32.9 Å². The summed E-state index contributed by atoms with van der Waals surface area (Å²) in [5.41, 5.74) is 1.49. The van der Waals surface area contributed by atoms with E-state index in [1.807, 2.05) is 39.0 Å². The van der Waals surface area contributed by atoms with Gasteiger partial charge in [0.2, 0.25) is 5.91 Å². The van der Waals surface area contributed by atoms with Crippen LogP contribution >= 0.6 is 12.2 Å². The summed E-state index contributed by atoms with van der Waals surface area (Å²) in [6.07, 6.45) is 0. The van der Waals surface area contributed by atoms with E-state index in [9.17, 15) is 4.79 Å². The van der Waals surface area contributed by atoms with Gasteiger partial charge in [0.1, 0.15) is 12.3 Å². The normalized spacial score (nSPS) is 11.6. The van der Waals surface area contributed by atoms with Crippen LogP contribution in [0, 0.1) is 4.77 Å². The molecule has 0 aliphatic carbocycles. The third kappa shape index (κ3) is 3.19. The van der Waals surface area contributed by atoms with Crippen LogP contribution in [0.3, 0.4) is 0 Å². The van der Waals surface area contributed by atoms with Gasteiger partial charge in [-0.3, -0.25) is 4.79 Å². The number of carbonyl (C=O) groups excluding carboxylic acids is 1. The summed E-state index contributed by atoms with van der Waals surface area (Å²) < 4.78 is 7.48. The molecule has 0 saturated carbocycles. The summed E-state index contributed by atoms with van der Waals surface area (Å²) in [4.78, 5) is 15.1. The van der Waals surface area contributed by atoms with E-state index in [1.165, 1.54) is 0 Å². The number of amides is 1. The molecule has 0 bridgehead atoms. The van der Waals surface area contributed by atoms with Crippen LogP contribution in [-0.4, -0.2) is 28.1 Å². The van der Waals surface area contributed by atoms with Crippen molar-refractivity contribution in [2.24, 2.45) is 0 Å². The first-order valence-corrected chi connectivity index (χ1v) is 6.78. The first-order chi connectivity index (χ1) is 9.30. The minimum Gasteiger partial charge on any atom is -0.497 e. The van der Waals surface area contributed by atoms with E-state index in [-0.39, 0.29) is 18.0 Å². The molecule has 2 N–H and O–H groups in total. The molecule has 108 valence electrons. The Morgan fingerprint density at radius 1 is 1.45 bits per heavy atom. The lowest BCUT2D eigenvalue weighted by Gasteiger charge is -2.20. The highest BCUT2D eigenvalue weighted by Gasteiger charge is 2.15. The van der Waals surface area contributed by atoms with Crippen molar-refractivity contribution in [3.63, 3.8) is 0 Å². The maximum atomic E-state index is 12.0. The molecule has 0 radical (unpaired) electrons. The van der Waals surface area contributed by atoms with Gasteiger partial charge in [0.05, 0.1) is 18.1 Å². The first kappa shape index (κ1) is 14.6. The molecule has 0 unspecified atom stereocenters. The molecule has 0 atom stereocenters. The van der Waals surface area contributed by atoms with Crippen molar-refractivity contribution in [1.82, 2.24) is 14.9 Å². The van der Waals surface area contributed by atoms with E-state index in [0.717, 1.165) is 16.8 Å². The zero-order chi connectivity index (χ0) is 14.9. The van der Waals surface area contributed by atoms with Gasteiger partial charge in [-0.15, -0.1) is 0 Å². The number of nitrogens with zero attached hydrogens (tertiary/aromatic N) is 1. The summed E-state index contributed by atoms with van der Waals surface area (Å²) >= 11 is 5.28. The number of carbonyl (C=O) groups is 1. The Bertz CT molecular complexity index is 694. The molecule has 5 nitrogen and oxygen atoms in total. The largest absolute Gasteiger partial charge is 0.497 e. The van der Waals surface area contributed by atoms with Gasteiger partial charge in [0.15, 0.2) is 4.77 Å². The van der Waals surface area contributed by atoms with Crippen molar-refractivity contribution >= 4 is 29.2 Å². The van der Waals surface area contributed by atoms with Crippen LogP contribution in [0.1, 0.15) is 20.8 Å². The van der Waals surface area contributed by atoms with Gasteiger partial charge < -0.3 is 19.6 Å². The summed E-state index contributed by atoms with van der Waals surface area (Å²) in [5, 5.41) is 2.93. The molecule has 0 aliphatic rings. The number of H-pyrrole nitrogens is 1. The predicted octanol–water partition coefficient (Wildman–Crippen LogP) is 2.62. The molecule has 2 aromatic rings. The number of methoxy groups -OCH3 is 1. The standard InChI is InChI=1S/C14H19N3O2S/c1-14(2,3)16-12(18)8-17-11-6-5-9(19-4)7-10(11)15-13(17)20/h5-7H,8H2,1-4H3,(H,15,20)(H,16,18). The number of benzene rings is 1. The molecule has 1 amide bonds. The zero-order valence-electron chi connectivity index (χ0n) is 12.1. The van der Waals surface area contributed by atoms with Crippen LogP contribution < -0.4 is 10.1 Å². The Kier molecular flexibility index (Phi) is 3.85. The van der Waals surface area contributed by atoms with Crippen LogP contribution in [0.2, 0.25) is 0 Å². The third-order valence-corrected chi connectivity index (χ3v) is 3.12. The van der Waals surface area contributed by atoms with Crippen molar-refractivity contribution in [2.75, 3.05) is 7.11 Å². The molecule has 20 heavy (non-hydrogen) atoms. The fourth-order valence-electron chi connectivity index (χ4n) is 2.03. The van der Waals surface area contributed by atoms with Crippen LogP contribution in [-0.2, 0) is 11.3 Å². The molecule has 1 aromatic heterocycles. The van der Waals surface area contributed by atoms with E-state index < -0.39 is 0 Å². The fourth-order valence-corrected chi connectivity index (χ4v) is 2.30. The Labute approximate surface area is 122 Å². The number of hydrogen-bond donors (Lipinski definition) is 2. The smallest absolute Gasteiger partial charge is 0.240 e. The number of aromatic amines is 1. The summed E-state index contributed by atoms with van der Waals surface area (Å²) in [5.74, 6) is 0.686. The van der Waals surface area contributed by atoms with Gasteiger partial charge in [-0.2, -0.15) is 0 Å². The Hall–Kier alpha value is -1.82. The second-order valence-corrected chi connectivity index (χ2v) is 6.08. The number of aromatic nitrogens is 2. The predicted molar refractivity (Wildman–Crippen MR) is 81.6 cm³/mol. The lowest BCUT2D eigenvalue weighted by molar-refractivity contribution is -0.123. The minimum atomic E-state index is -0.255. The Balaban J connectivity index is 2.33. The van der Waals surface area contributed by atoms with Gasteiger partial charge in [0.25, 0.3) is 0 Å². The Morgan fingerprint density at radius 3 is 2.75 bits per heavy atom. The number of nitrogens with one attached hydrogen (secondary N) is 2. The van der Waals surface area contributed by atoms with Gasteiger partial charge in [-0.1, -0.05) is 0 Å². The maximum Gasteiger partial charge on any atom is 0.240 e. The molecule has 1 aromatic carbocycles. The highest BCUT2D eigenvalue weighted by molar-refractivity contribution is 7.71. The molecular formula is C14H19N3O2S. The number of hydrogen-bond acceptors (Lipinski definition) is 3. The first-order valence-electron chi connectivity index (χ1n) is 6.38. The molecule has 0 saturated heterocycles. The van der Waals surface area contributed by atoms with Crippen molar-refractivity contribution < 1.29 is 9.53 Å². The summed E-state index contributed by atoms with van der Waals surface area (Å²) in [6.45, 7) is 6.04. The van der Waals surface area contributed by atoms with Gasteiger partial charge >= 0.3 is 0 Å². The van der Waals surface area contributed by atoms with E-state index in [0.29, 0.717) is 4.77 Å². The average Bonchev–Trinajstić information content (AvgIpc) is 2.62. The van der Waals surface area contributed by atoms with Crippen LogP contribution in [0.4, 0.5) is 0 Å². The van der Waals surface area contributed by atoms with E-state index >= 15 is 0 Å². The highest BCUT2D eigenvalue weighted by atomic mass is 32.1. The zero-order valence-corrected chi connectivity index (χ0v) is 12.9. The number of ether oxygens (including phenoxy) is 1. The van der Waals surface area contributed by atoms with Crippen molar-refractivity contribution in [1.29, 1.82) is 0 Å². The molecule has 0 spiro atoms. The molecular weight excluding hydrogens is 274 g/mol. The lowest BCUT2D eigenvalue weighted by Crippen LogP contribution is -2.42. The van der Waals surface area contributed by atoms with Crippen LogP contribution in [0.25, 0.3) is 11.0 Å². The number of imidazole rings is 1. The van der Waals surface area contributed by atoms with Gasteiger partial charge in [-0.05, 0) is 45.1 Å². The monoisotopic (exact) mass is 293 g/mol. The quantitative estimate of drug-likeness (QED) is 0.855. The van der Waals surface area contributed by atoms with Crippen LogP contribution in [0.15, 0.2) is 18.2 Å². The fraction of sp³-hybridized carbons (Fsp3) is 0.429. The third-order valence-electron chi connectivity index (χ3n) is 2.80. The maximum absolute atomic E-state index is 12.0. The van der Waals surface area contributed by atoms with Crippen molar-refractivity contribution in [3.05, 3.63) is 23.0 Å². The van der Waals surface area contributed by atoms with Gasteiger partial charge in [0, 0.05) is 11.6 Å². The molecule has 2 rings (SSSR count). The van der Waals surface area contributed by atoms with E-state index in [4.69, 9.17) is 17.0 Å². The number of rotatable bonds is 3. The second-order valence-electron chi connectivity index (χ2n) is 5.70. The Morgan fingerprint density at radius 2 is 2.15 bits per heavy atom. The molecule has 0 fully saturated rings. The van der Waals surface area contributed by atoms with Gasteiger partial charge in [-0.25, -0.2) is 0 Å². The SMILES string of the molecule is COc1ccc2c(c1)[nH]c(=S)n2CC(=O)NC(C)(C)C. The summed E-state index contributed by atoms with van der Waals surface area (Å²) in [7, 11) is 1.61.